The summed E-state index contributed by atoms with van der Waals surface area (Å²) in [5.74, 6) is 1.91. The van der Waals surface area contributed by atoms with Crippen LogP contribution in [0.3, 0.4) is 0 Å². The van der Waals surface area contributed by atoms with E-state index < -0.39 is 0 Å². The van der Waals surface area contributed by atoms with Crippen LogP contribution in [0.1, 0.15) is 51.0 Å². The molecule has 1 N–H and O–H groups in total. The van der Waals surface area contributed by atoms with Crippen LogP contribution in [0.15, 0.2) is 23.3 Å². The van der Waals surface area contributed by atoms with Crippen molar-refractivity contribution < 1.29 is 0 Å². The maximum atomic E-state index is 6.31. The van der Waals surface area contributed by atoms with Gasteiger partial charge in [-0.2, -0.15) is 20.1 Å². The number of piperidine rings is 2. The van der Waals surface area contributed by atoms with E-state index in [2.05, 4.69) is 30.3 Å². The number of hydrazone groups is 1. The lowest BCUT2D eigenvalue weighted by atomic mass is 10.1. The van der Waals surface area contributed by atoms with Crippen LogP contribution in [0.2, 0.25) is 10.0 Å². The summed E-state index contributed by atoms with van der Waals surface area (Å²) in [5, 5.41) is 5.63. The number of hydrogen-bond donors (Lipinski definition) is 1. The molecule has 9 heteroatoms. The molecule has 2 aromatic rings. The zero-order valence-corrected chi connectivity index (χ0v) is 18.8. The number of benzene rings is 1. The summed E-state index contributed by atoms with van der Waals surface area (Å²) in [7, 11) is 0. The Morgan fingerprint density at radius 1 is 0.867 bits per heavy atom. The molecule has 0 atom stereocenters. The predicted octanol–water partition coefficient (Wildman–Crippen LogP) is 5.00. The molecule has 2 saturated heterocycles. The zero-order valence-electron chi connectivity index (χ0n) is 17.2. The molecule has 7 nitrogen and oxygen atoms in total. The van der Waals surface area contributed by atoms with E-state index in [9.17, 15) is 0 Å². The van der Waals surface area contributed by atoms with Crippen molar-refractivity contribution in [2.75, 3.05) is 41.4 Å². The molecule has 0 bridgehead atoms. The Kier molecular flexibility index (Phi) is 6.89. The standard InChI is InChI=1S/C21H27Cl2N7/c1-15(17-9-8-16(22)14-18(17)23)27-28-19-24-20(29-10-4-2-5-11-29)26-21(25-19)30-12-6-3-7-13-30/h8-9,14H,2-7,10-13H2,1H3,(H,24,25,26,28)/b27-15+. The molecule has 4 rings (SSSR count). The van der Waals surface area contributed by atoms with E-state index in [0.717, 1.165) is 49.4 Å². The smallest absolute Gasteiger partial charge is 0.250 e. The van der Waals surface area contributed by atoms with Crippen LogP contribution in [0.5, 0.6) is 0 Å². The van der Waals surface area contributed by atoms with Gasteiger partial charge in [0, 0.05) is 36.8 Å². The molecule has 2 aliphatic heterocycles. The Morgan fingerprint density at radius 2 is 1.43 bits per heavy atom. The second-order valence-corrected chi connectivity index (χ2v) is 8.63. The molecule has 0 radical (unpaired) electrons. The highest BCUT2D eigenvalue weighted by Crippen LogP contribution is 2.24. The normalized spacial score (nSPS) is 17.9. The Balaban J connectivity index is 1.60. The summed E-state index contributed by atoms with van der Waals surface area (Å²) in [5.41, 5.74) is 4.57. The number of hydrogen-bond acceptors (Lipinski definition) is 7. The number of halogens is 2. The minimum atomic E-state index is 0.454. The predicted molar refractivity (Wildman–Crippen MR) is 124 cm³/mol. The first-order chi connectivity index (χ1) is 14.6. The van der Waals surface area contributed by atoms with E-state index in [1.165, 1.54) is 38.5 Å². The van der Waals surface area contributed by atoms with Crippen molar-refractivity contribution in [2.24, 2.45) is 5.10 Å². The molecule has 0 saturated carbocycles. The van der Waals surface area contributed by atoms with E-state index in [1.54, 1.807) is 12.1 Å². The summed E-state index contributed by atoms with van der Waals surface area (Å²) in [4.78, 5) is 18.6. The van der Waals surface area contributed by atoms with Crippen molar-refractivity contribution >= 4 is 46.8 Å². The number of aromatic nitrogens is 3. The Labute approximate surface area is 187 Å². The third-order valence-corrected chi connectivity index (χ3v) is 6.08. The van der Waals surface area contributed by atoms with Gasteiger partial charge in [0.1, 0.15) is 0 Å². The fourth-order valence-electron chi connectivity index (χ4n) is 3.85. The van der Waals surface area contributed by atoms with E-state index in [1.807, 2.05) is 13.0 Å². The lowest BCUT2D eigenvalue weighted by Crippen LogP contribution is -2.34. The van der Waals surface area contributed by atoms with Crippen molar-refractivity contribution in [2.45, 2.75) is 45.4 Å². The molecule has 30 heavy (non-hydrogen) atoms. The fraction of sp³-hybridized carbons (Fsp3) is 0.524. The van der Waals surface area contributed by atoms with Gasteiger partial charge in [0.05, 0.1) is 10.7 Å². The van der Waals surface area contributed by atoms with Gasteiger partial charge in [-0.05, 0) is 57.6 Å². The van der Waals surface area contributed by atoms with Gasteiger partial charge in [-0.1, -0.05) is 29.3 Å². The van der Waals surface area contributed by atoms with Gasteiger partial charge < -0.3 is 9.80 Å². The molecular formula is C21H27Cl2N7. The van der Waals surface area contributed by atoms with Crippen LogP contribution < -0.4 is 15.2 Å². The molecule has 0 amide bonds. The average Bonchev–Trinajstić information content (AvgIpc) is 2.78. The summed E-state index contributed by atoms with van der Waals surface area (Å²) < 4.78 is 0. The lowest BCUT2D eigenvalue weighted by Gasteiger charge is -2.30. The van der Waals surface area contributed by atoms with Crippen molar-refractivity contribution in [3.63, 3.8) is 0 Å². The van der Waals surface area contributed by atoms with Crippen LogP contribution in [-0.2, 0) is 0 Å². The maximum absolute atomic E-state index is 6.31. The topological polar surface area (TPSA) is 69.5 Å². The first-order valence-corrected chi connectivity index (χ1v) is 11.4. The molecule has 0 aliphatic carbocycles. The van der Waals surface area contributed by atoms with Gasteiger partial charge in [-0.15, -0.1) is 0 Å². The summed E-state index contributed by atoms with van der Waals surface area (Å²) in [6.07, 6.45) is 7.19. The second kappa shape index (κ2) is 9.79. The SMILES string of the molecule is C/C(=N\Nc1nc(N2CCCCC2)nc(N2CCCCC2)n1)c1ccc(Cl)cc1Cl. The van der Waals surface area contributed by atoms with Crippen LogP contribution in [0.25, 0.3) is 0 Å². The fourth-order valence-corrected chi connectivity index (χ4v) is 4.40. The molecule has 2 aliphatic rings. The molecular weight excluding hydrogens is 421 g/mol. The number of nitrogens with one attached hydrogen (secondary N) is 1. The van der Waals surface area contributed by atoms with Gasteiger partial charge in [-0.3, -0.25) is 0 Å². The van der Waals surface area contributed by atoms with E-state index in [4.69, 9.17) is 28.2 Å². The second-order valence-electron chi connectivity index (χ2n) is 7.79. The average molecular weight is 448 g/mol. The van der Waals surface area contributed by atoms with E-state index >= 15 is 0 Å². The van der Waals surface area contributed by atoms with Gasteiger partial charge >= 0.3 is 0 Å². The molecule has 160 valence electrons. The quantitative estimate of drug-likeness (QED) is 0.513. The molecule has 1 aromatic heterocycles. The highest BCUT2D eigenvalue weighted by molar-refractivity contribution is 6.37. The molecule has 3 heterocycles. The first-order valence-electron chi connectivity index (χ1n) is 10.6. The van der Waals surface area contributed by atoms with E-state index in [0.29, 0.717) is 16.0 Å². The number of rotatable bonds is 5. The van der Waals surface area contributed by atoms with Gasteiger partial charge in [0.2, 0.25) is 17.8 Å². The minimum absolute atomic E-state index is 0.454. The number of nitrogens with zero attached hydrogens (tertiary/aromatic N) is 6. The van der Waals surface area contributed by atoms with Crippen LogP contribution in [0.4, 0.5) is 17.8 Å². The molecule has 0 spiro atoms. The van der Waals surface area contributed by atoms with Gasteiger partial charge in [0.15, 0.2) is 0 Å². The highest BCUT2D eigenvalue weighted by Gasteiger charge is 2.20. The Morgan fingerprint density at radius 3 is 1.97 bits per heavy atom. The Bertz CT molecular complexity index is 870. The molecule has 2 fully saturated rings. The third kappa shape index (κ3) is 5.13. The van der Waals surface area contributed by atoms with E-state index in [-0.39, 0.29) is 0 Å². The van der Waals surface area contributed by atoms with Crippen LogP contribution in [0, 0.1) is 0 Å². The Hall–Kier alpha value is -2.12. The molecule has 1 aromatic carbocycles. The zero-order chi connectivity index (χ0) is 20.9. The molecule has 0 unspecified atom stereocenters. The van der Waals surface area contributed by atoms with Gasteiger partial charge in [0.25, 0.3) is 0 Å². The third-order valence-electron chi connectivity index (χ3n) is 5.53. The summed E-state index contributed by atoms with van der Waals surface area (Å²) in [6, 6.07) is 5.37. The number of anilines is 3. The summed E-state index contributed by atoms with van der Waals surface area (Å²) in [6.45, 7) is 5.80. The monoisotopic (exact) mass is 447 g/mol. The highest BCUT2D eigenvalue weighted by atomic mass is 35.5. The van der Waals surface area contributed by atoms with Crippen molar-refractivity contribution in [3.05, 3.63) is 33.8 Å². The van der Waals surface area contributed by atoms with Crippen molar-refractivity contribution in [1.29, 1.82) is 0 Å². The van der Waals surface area contributed by atoms with Gasteiger partial charge in [-0.25, -0.2) is 5.43 Å². The van der Waals surface area contributed by atoms with Crippen LogP contribution >= 0.6 is 23.2 Å². The van der Waals surface area contributed by atoms with Crippen molar-refractivity contribution in [3.8, 4) is 0 Å². The van der Waals surface area contributed by atoms with Crippen LogP contribution in [-0.4, -0.2) is 46.8 Å². The lowest BCUT2D eigenvalue weighted by molar-refractivity contribution is 0.556. The minimum Gasteiger partial charge on any atom is -0.341 e. The van der Waals surface area contributed by atoms with Crippen molar-refractivity contribution in [1.82, 2.24) is 15.0 Å². The maximum Gasteiger partial charge on any atom is 0.250 e. The first kappa shape index (κ1) is 21.1. The largest absolute Gasteiger partial charge is 0.341 e. The summed E-state index contributed by atoms with van der Waals surface area (Å²) >= 11 is 12.3.